The maximum absolute atomic E-state index is 14.5. The normalized spacial score (nSPS) is 19.1. The van der Waals surface area contributed by atoms with Crippen molar-refractivity contribution in [2.45, 2.75) is 50.5 Å². The highest BCUT2D eigenvalue weighted by Crippen LogP contribution is 2.31. The Kier molecular flexibility index (Phi) is 7.69. The van der Waals surface area contributed by atoms with Gasteiger partial charge in [-0.1, -0.05) is 78.9 Å². The molecule has 0 saturated carbocycles. The van der Waals surface area contributed by atoms with Gasteiger partial charge in [0.25, 0.3) is 0 Å². The Morgan fingerprint density at radius 3 is 2.15 bits per heavy atom. The Morgan fingerprint density at radius 1 is 0.756 bits per heavy atom. The summed E-state index contributed by atoms with van der Waals surface area (Å²) in [6.45, 7) is 0.753. The highest BCUT2D eigenvalue weighted by molar-refractivity contribution is 5.79. The number of hydrogen-bond donors (Lipinski definition) is 3. The van der Waals surface area contributed by atoms with Gasteiger partial charge in [0.15, 0.2) is 0 Å². The highest BCUT2D eigenvalue weighted by atomic mass is 16.3. The first-order valence-corrected chi connectivity index (χ1v) is 14.1. The van der Waals surface area contributed by atoms with Gasteiger partial charge >= 0.3 is 6.03 Å². The van der Waals surface area contributed by atoms with Gasteiger partial charge in [-0.3, -0.25) is 5.10 Å². The van der Waals surface area contributed by atoms with Crippen LogP contribution in [-0.4, -0.2) is 49.3 Å². The number of anilines is 1. The van der Waals surface area contributed by atoms with Crippen LogP contribution in [0.5, 0.6) is 0 Å². The van der Waals surface area contributed by atoms with Gasteiger partial charge in [0, 0.05) is 24.2 Å². The molecule has 0 radical (unpaired) electrons. The summed E-state index contributed by atoms with van der Waals surface area (Å²) in [4.78, 5) is 18.2. The molecule has 208 valence electrons. The van der Waals surface area contributed by atoms with Gasteiger partial charge < -0.3 is 20.6 Å². The fourth-order valence-corrected chi connectivity index (χ4v) is 5.99. The zero-order valence-corrected chi connectivity index (χ0v) is 22.9. The Morgan fingerprint density at radius 2 is 1.41 bits per heavy atom. The number of H-pyrrole nitrogens is 1. The van der Waals surface area contributed by atoms with E-state index in [4.69, 9.17) is 5.73 Å². The number of nitrogens with one attached hydrogen (secondary N) is 1. The molecule has 1 saturated heterocycles. The Bertz CT molecular complexity index is 1600. The number of nitrogens with two attached hydrogens (primary N) is 1. The van der Waals surface area contributed by atoms with E-state index in [0.717, 1.165) is 34.0 Å². The summed E-state index contributed by atoms with van der Waals surface area (Å²) < 4.78 is 0. The van der Waals surface area contributed by atoms with E-state index in [0.29, 0.717) is 31.6 Å². The Labute approximate surface area is 240 Å². The largest absolute Gasteiger partial charge is 0.399 e. The maximum atomic E-state index is 14.5. The van der Waals surface area contributed by atoms with Crippen LogP contribution in [0, 0.1) is 0 Å². The molecular formula is C34H35N5O2. The van der Waals surface area contributed by atoms with Gasteiger partial charge in [-0.15, -0.1) is 0 Å². The average Bonchev–Trinajstić information content (AvgIpc) is 3.46. The number of amides is 2. The monoisotopic (exact) mass is 545 g/mol. The molecular weight excluding hydrogens is 510 g/mol. The number of carbonyl (C=O) groups is 1. The van der Waals surface area contributed by atoms with Crippen LogP contribution in [0.25, 0.3) is 10.9 Å². The van der Waals surface area contributed by atoms with Crippen molar-refractivity contribution in [1.29, 1.82) is 0 Å². The van der Waals surface area contributed by atoms with Crippen molar-refractivity contribution >= 4 is 22.6 Å². The van der Waals surface area contributed by atoms with E-state index in [1.807, 2.05) is 82.6 Å². The molecule has 1 fully saturated rings. The van der Waals surface area contributed by atoms with Gasteiger partial charge in [0.05, 0.1) is 29.9 Å². The van der Waals surface area contributed by atoms with Crippen molar-refractivity contribution in [3.8, 4) is 0 Å². The zero-order chi connectivity index (χ0) is 28.2. The van der Waals surface area contributed by atoms with Gasteiger partial charge in [-0.25, -0.2) is 4.79 Å². The summed E-state index contributed by atoms with van der Waals surface area (Å²) in [5.74, 6) is 0. The van der Waals surface area contributed by atoms with Crippen LogP contribution in [0.2, 0.25) is 0 Å². The van der Waals surface area contributed by atoms with Crippen LogP contribution >= 0.6 is 0 Å². The molecule has 1 aromatic heterocycles. The van der Waals surface area contributed by atoms with Crippen LogP contribution < -0.4 is 5.73 Å². The van der Waals surface area contributed by atoms with Crippen LogP contribution in [0.4, 0.5) is 10.5 Å². The quantitative estimate of drug-likeness (QED) is 0.211. The second kappa shape index (κ2) is 11.9. The number of aryl methyl sites for hydroxylation is 1. The molecule has 2 amide bonds. The smallest absolute Gasteiger partial charge is 0.321 e. The molecule has 2 heterocycles. The molecule has 0 aliphatic carbocycles. The number of carbonyl (C=O) groups excluding carboxylic acids is 1. The molecule has 6 rings (SSSR count). The molecule has 0 unspecified atom stereocenters. The number of aromatic amines is 1. The lowest BCUT2D eigenvalue weighted by atomic mass is 9.88. The lowest BCUT2D eigenvalue weighted by molar-refractivity contribution is -0.0453. The molecule has 41 heavy (non-hydrogen) atoms. The van der Waals surface area contributed by atoms with Crippen LogP contribution in [-0.2, 0) is 25.9 Å². The summed E-state index contributed by atoms with van der Waals surface area (Å²) in [6.07, 6.45) is 3.02. The van der Waals surface area contributed by atoms with Crippen LogP contribution in [0.3, 0.4) is 0 Å². The Balaban J connectivity index is 1.36. The van der Waals surface area contributed by atoms with Gasteiger partial charge in [0.1, 0.15) is 0 Å². The molecule has 3 atom stereocenters. The van der Waals surface area contributed by atoms with E-state index < -0.39 is 6.10 Å². The second-order valence-corrected chi connectivity index (χ2v) is 10.9. The first kappa shape index (κ1) is 26.6. The van der Waals surface area contributed by atoms with E-state index in [-0.39, 0.29) is 18.1 Å². The number of aliphatic hydroxyl groups excluding tert-OH is 1. The predicted octanol–water partition coefficient (Wildman–Crippen LogP) is 5.56. The van der Waals surface area contributed by atoms with E-state index in [1.54, 1.807) is 6.20 Å². The number of aromatic nitrogens is 2. The minimum absolute atomic E-state index is 0.0796. The van der Waals surface area contributed by atoms with Crippen molar-refractivity contribution in [3.63, 3.8) is 0 Å². The molecule has 5 aromatic rings. The molecule has 4 aromatic carbocycles. The highest BCUT2D eigenvalue weighted by Gasteiger charge is 2.45. The third kappa shape index (κ3) is 5.95. The molecule has 7 nitrogen and oxygen atoms in total. The standard InChI is InChI=1S/C34H35N5O2/c35-29-13-7-12-26(19-29)22-38-31(17-15-24-8-3-1-4-9-24)33(40)32(20-25-10-5-2-6-11-25)39(34(38)41)23-27-14-16-30-28(18-27)21-36-37-30/h1-14,16,18-19,21,31-33,40H,15,17,20,22-23,35H2,(H,36,37)/t31-,32-,33-/m1/s1. The van der Waals surface area contributed by atoms with E-state index in [2.05, 4.69) is 40.5 Å². The molecule has 4 N–H and O–H groups in total. The van der Waals surface area contributed by atoms with E-state index in [1.165, 1.54) is 5.56 Å². The second-order valence-electron chi connectivity index (χ2n) is 10.9. The average molecular weight is 546 g/mol. The first-order valence-electron chi connectivity index (χ1n) is 14.1. The lowest BCUT2D eigenvalue weighted by Crippen LogP contribution is -2.66. The number of urea groups is 1. The summed E-state index contributed by atoms with van der Waals surface area (Å²) in [7, 11) is 0. The summed E-state index contributed by atoms with van der Waals surface area (Å²) in [6, 6.07) is 33.2. The third-order valence-corrected chi connectivity index (χ3v) is 8.10. The number of fused-ring (bicyclic) bond motifs is 1. The predicted molar refractivity (Wildman–Crippen MR) is 162 cm³/mol. The van der Waals surface area contributed by atoms with E-state index in [9.17, 15) is 9.90 Å². The first-order chi connectivity index (χ1) is 20.0. The molecule has 0 bridgehead atoms. The molecule has 1 aliphatic heterocycles. The van der Waals surface area contributed by atoms with Gasteiger partial charge in [-0.2, -0.15) is 5.10 Å². The minimum Gasteiger partial charge on any atom is -0.399 e. The molecule has 7 heteroatoms. The Hall–Kier alpha value is -4.62. The number of benzene rings is 4. The summed E-state index contributed by atoms with van der Waals surface area (Å²) in [5, 5.41) is 20.2. The van der Waals surface area contributed by atoms with Crippen molar-refractivity contribution in [2.24, 2.45) is 0 Å². The zero-order valence-electron chi connectivity index (χ0n) is 22.9. The number of hydrogen-bond acceptors (Lipinski definition) is 4. The molecule has 0 spiro atoms. The van der Waals surface area contributed by atoms with Crippen molar-refractivity contribution in [1.82, 2.24) is 20.0 Å². The number of rotatable bonds is 9. The van der Waals surface area contributed by atoms with Crippen molar-refractivity contribution in [3.05, 3.63) is 132 Å². The molecule has 1 aliphatic rings. The summed E-state index contributed by atoms with van der Waals surface area (Å²) in [5.41, 5.74) is 11.9. The van der Waals surface area contributed by atoms with Gasteiger partial charge in [0.2, 0.25) is 0 Å². The van der Waals surface area contributed by atoms with Gasteiger partial charge in [-0.05, 0) is 65.8 Å². The number of aliphatic hydroxyl groups is 1. The third-order valence-electron chi connectivity index (χ3n) is 8.10. The lowest BCUT2D eigenvalue weighted by Gasteiger charge is -2.49. The van der Waals surface area contributed by atoms with Crippen LogP contribution in [0.1, 0.15) is 28.7 Å². The fourth-order valence-electron chi connectivity index (χ4n) is 5.99. The number of nitrogens with zero attached hydrogens (tertiary/aromatic N) is 3. The minimum atomic E-state index is -0.754. The summed E-state index contributed by atoms with van der Waals surface area (Å²) >= 11 is 0. The topological polar surface area (TPSA) is 98.5 Å². The van der Waals surface area contributed by atoms with Crippen LogP contribution in [0.15, 0.2) is 109 Å². The van der Waals surface area contributed by atoms with E-state index >= 15 is 0 Å². The number of nitrogen functional groups attached to an aromatic ring is 1. The maximum Gasteiger partial charge on any atom is 0.321 e. The fraction of sp³-hybridized carbons (Fsp3) is 0.235. The SMILES string of the molecule is Nc1cccc(CN2C(=O)N(Cc3ccc4[nH]ncc4c3)[C@H](Cc3ccccc3)[C@H](O)[C@H]2CCc2ccccc2)c1. The van der Waals surface area contributed by atoms with Crippen molar-refractivity contribution in [2.75, 3.05) is 5.73 Å². The van der Waals surface area contributed by atoms with Crippen molar-refractivity contribution < 1.29 is 9.90 Å².